The number of nitrogens with zero attached hydrogens (tertiary/aromatic N) is 6. The van der Waals surface area contributed by atoms with E-state index < -0.39 is 11.7 Å². The van der Waals surface area contributed by atoms with Gasteiger partial charge in [-0.2, -0.15) is 28.1 Å². The molecule has 12 heteroatoms. The molecule has 4 heterocycles. The summed E-state index contributed by atoms with van der Waals surface area (Å²) in [5.41, 5.74) is 4.34. The summed E-state index contributed by atoms with van der Waals surface area (Å²) in [4.78, 5) is 21.1. The number of pyridine rings is 1. The van der Waals surface area contributed by atoms with E-state index in [1.165, 1.54) is 0 Å². The number of hydrogen-bond donors (Lipinski definition) is 1. The average molecular weight is 439 g/mol. The molecule has 9 nitrogen and oxygen atoms in total. The predicted octanol–water partition coefficient (Wildman–Crippen LogP) is 1.98. The fourth-order valence-corrected chi connectivity index (χ4v) is 3.57. The minimum atomic E-state index is -4.64. The Balaban J connectivity index is 1.84. The third-order valence-electron chi connectivity index (χ3n) is 5.24. The second-order valence-electron chi connectivity index (χ2n) is 7.66. The van der Waals surface area contributed by atoms with Crippen LogP contribution in [-0.2, 0) is 15.7 Å². The third kappa shape index (κ3) is 4.64. The number of aromatic nitrogens is 4. The first-order valence-electron chi connectivity index (χ1n) is 10.0. The largest absolute Gasteiger partial charge is 0.417 e. The van der Waals surface area contributed by atoms with Gasteiger partial charge in [-0.25, -0.2) is 4.98 Å². The molecule has 0 radical (unpaired) electrons. The molecular weight excluding hydrogens is 415 g/mol. The van der Waals surface area contributed by atoms with Crippen molar-refractivity contribution in [1.82, 2.24) is 19.9 Å². The second-order valence-corrected chi connectivity index (χ2v) is 7.66. The summed E-state index contributed by atoms with van der Waals surface area (Å²) in [5.74, 6) is 0.283. The van der Waals surface area contributed by atoms with Crippen LogP contribution in [0.2, 0.25) is 0 Å². The fraction of sp³-hybridized carbons (Fsp3) is 0.579. The van der Waals surface area contributed by atoms with E-state index in [-0.39, 0.29) is 29.4 Å². The monoisotopic (exact) mass is 439 g/mol. The van der Waals surface area contributed by atoms with Crippen LogP contribution in [0.1, 0.15) is 19.4 Å². The average Bonchev–Trinajstić information content (AvgIpc) is 2.75. The number of ether oxygens (including phenoxy) is 2. The Morgan fingerprint density at radius 1 is 1.10 bits per heavy atom. The van der Waals surface area contributed by atoms with Gasteiger partial charge in [-0.1, -0.05) is 0 Å². The summed E-state index contributed by atoms with van der Waals surface area (Å²) in [6.45, 7) is 6.89. The number of morpholine rings is 2. The number of halogens is 3. The first-order chi connectivity index (χ1) is 14.7. The predicted molar refractivity (Wildman–Crippen MR) is 108 cm³/mol. The molecule has 2 aliphatic rings. The molecule has 2 saturated heterocycles. The van der Waals surface area contributed by atoms with Gasteiger partial charge in [0.1, 0.15) is 5.82 Å². The van der Waals surface area contributed by atoms with Crippen molar-refractivity contribution in [3.63, 3.8) is 0 Å². The lowest BCUT2D eigenvalue weighted by Crippen LogP contribution is -2.48. The molecule has 2 aromatic heterocycles. The molecule has 0 aliphatic carbocycles. The molecule has 2 atom stereocenters. The van der Waals surface area contributed by atoms with E-state index in [2.05, 4.69) is 19.9 Å². The summed E-state index contributed by atoms with van der Waals surface area (Å²) in [5, 5.41) is 0. The fourth-order valence-electron chi connectivity index (χ4n) is 3.57. The summed E-state index contributed by atoms with van der Waals surface area (Å²) in [7, 11) is 0. The molecule has 0 bridgehead atoms. The van der Waals surface area contributed by atoms with E-state index in [0.717, 1.165) is 12.3 Å². The molecule has 0 aromatic carbocycles. The van der Waals surface area contributed by atoms with Gasteiger partial charge >= 0.3 is 6.18 Å². The van der Waals surface area contributed by atoms with Crippen LogP contribution >= 0.6 is 0 Å². The van der Waals surface area contributed by atoms with Gasteiger partial charge in [0, 0.05) is 25.8 Å². The van der Waals surface area contributed by atoms with Crippen LogP contribution in [0.4, 0.5) is 30.9 Å². The lowest BCUT2D eigenvalue weighted by molar-refractivity contribution is -0.137. The molecule has 4 rings (SSSR count). The molecule has 168 valence electrons. The van der Waals surface area contributed by atoms with E-state index in [1.807, 2.05) is 23.6 Å². The zero-order chi connectivity index (χ0) is 22.2. The van der Waals surface area contributed by atoms with Crippen molar-refractivity contribution in [3.8, 4) is 11.4 Å². The molecule has 0 saturated carbocycles. The van der Waals surface area contributed by atoms with E-state index in [1.54, 1.807) is 0 Å². The highest BCUT2D eigenvalue weighted by Crippen LogP contribution is 2.37. The lowest BCUT2D eigenvalue weighted by atomic mass is 10.1. The van der Waals surface area contributed by atoms with Crippen molar-refractivity contribution in [2.45, 2.75) is 32.2 Å². The number of nitrogen functional groups attached to an aromatic ring is 1. The molecule has 2 aromatic rings. The summed E-state index contributed by atoms with van der Waals surface area (Å²) in [6.07, 6.45) is -3.64. The Bertz CT molecular complexity index is 937. The maximum absolute atomic E-state index is 13.7. The van der Waals surface area contributed by atoms with Gasteiger partial charge < -0.3 is 25.0 Å². The number of alkyl halides is 3. The highest BCUT2D eigenvalue weighted by molar-refractivity contribution is 5.64. The van der Waals surface area contributed by atoms with Crippen LogP contribution in [-0.4, -0.2) is 71.5 Å². The molecule has 2 fully saturated rings. The van der Waals surface area contributed by atoms with Crippen LogP contribution < -0.4 is 15.5 Å². The van der Waals surface area contributed by atoms with Crippen molar-refractivity contribution in [2.24, 2.45) is 0 Å². The van der Waals surface area contributed by atoms with Gasteiger partial charge in [-0.3, -0.25) is 0 Å². The van der Waals surface area contributed by atoms with E-state index >= 15 is 0 Å². The molecule has 2 N–H and O–H groups in total. The maximum Gasteiger partial charge on any atom is 0.417 e. The van der Waals surface area contributed by atoms with Gasteiger partial charge in [-0.05, 0) is 19.9 Å². The Morgan fingerprint density at radius 3 is 2.52 bits per heavy atom. The van der Waals surface area contributed by atoms with Crippen LogP contribution in [0.3, 0.4) is 0 Å². The Kier molecular flexibility index (Phi) is 5.84. The van der Waals surface area contributed by atoms with Gasteiger partial charge in [0.15, 0.2) is 5.82 Å². The smallest absolute Gasteiger partial charge is 0.384 e. The minimum Gasteiger partial charge on any atom is -0.384 e. The third-order valence-corrected chi connectivity index (χ3v) is 5.24. The molecule has 0 spiro atoms. The van der Waals surface area contributed by atoms with E-state index in [4.69, 9.17) is 15.2 Å². The summed E-state index contributed by atoms with van der Waals surface area (Å²) < 4.78 is 52.2. The van der Waals surface area contributed by atoms with Gasteiger partial charge in [0.25, 0.3) is 0 Å². The summed E-state index contributed by atoms with van der Waals surface area (Å²) >= 11 is 0. The number of rotatable bonds is 3. The topological polar surface area (TPSA) is 103 Å². The van der Waals surface area contributed by atoms with Crippen molar-refractivity contribution in [2.75, 3.05) is 55.0 Å². The van der Waals surface area contributed by atoms with Crippen molar-refractivity contribution in [1.29, 1.82) is 0 Å². The highest BCUT2D eigenvalue weighted by atomic mass is 19.4. The Labute approximate surface area is 177 Å². The highest BCUT2D eigenvalue weighted by Gasteiger charge is 2.36. The van der Waals surface area contributed by atoms with Gasteiger partial charge in [-0.15, -0.1) is 0 Å². The van der Waals surface area contributed by atoms with Crippen LogP contribution in [0.5, 0.6) is 0 Å². The quantitative estimate of drug-likeness (QED) is 0.769. The maximum atomic E-state index is 13.7. The minimum absolute atomic E-state index is 0.0457. The molecule has 0 amide bonds. The number of anilines is 3. The zero-order valence-electron chi connectivity index (χ0n) is 17.3. The van der Waals surface area contributed by atoms with Crippen LogP contribution in [0.25, 0.3) is 11.4 Å². The molecule has 2 aliphatic heterocycles. The van der Waals surface area contributed by atoms with E-state index in [9.17, 15) is 13.2 Å². The van der Waals surface area contributed by atoms with Crippen LogP contribution in [0.15, 0.2) is 12.3 Å². The van der Waals surface area contributed by atoms with Crippen molar-refractivity contribution < 1.29 is 22.6 Å². The zero-order valence-corrected chi connectivity index (χ0v) is 17.3. The van der Waals surface area contributed by atoms with E-state index in [0.29, 0.717) is 51.4 Å². The Morgan fingerprint density at radius 2 is 1.81 bits per heavy atom. The normalized spacial score (nSPS) is 22.6. The number of nitrogens with two attached hydrogens (primary N) is 1. The standard InChI is InChI=1S/C19H24F3N7O2/c1-11-10-31-12(2)9-29(11)18-26-16(25-17(27-18)28-3-5-30-6-4-28)13-8-24-15(23)7-14(13)19(20,21)22/h7-8,11-12H,3-6,9-10H2,1-2H3,(H2,23,24). The molecule has 2 unspecified atom stereocenters. The first-order valence-corrected chi connectivity index (χ1v) is 10.0. The molecule has 31 heavy (non-hydrogen) atoms. The second kappa shape index (κ2) is 8.42. The van der Waals surface area contributed by atoms with Gasteiger partial charge in [0.2, 0.25) is 11.9 Å². The van der Waals surface area contributed by atoms with Crippen LogP contribution in [0, 0.1) is 0 Å². The molecular formula is C19H24F3N7O2. The number of hydrogen-bond acceptors (Lipinski definition) is 9. The van der Waals surface area contributed by atoms with Crippen molar-refractivity contribution in [3.05, 3.63) is 17.8 Å². The first kappa shape index (κ1) is 21.5. The SMILES string of the molecule is CC1CN(c2nc(-c3cnc(N)cc3C(F)(F)F)nc(N3CCOCC3)n2)C(C)CO1. The lowest BCUT2D eigenvalue weighted by Gasteiger charge is -2.37. The van der Waals surface area contributed by atoms with Crippen molar-refractivity contribution >= 4 is 17.7 Å². The Hall–Kier alpha value is -2.73. The summed E-state index contributed by atoms with van der Waals surface area (Å²) in [6, 6.07) is 0.753. The van der Waals surface area contributed by atoms with Gasteiger partial charge in [0.05, 0.1) is 43.1 Å².